The summed E-state index contributed by atoms with van der Waals surface area (Å²) in [6.45, 7) is -0.392. The maximum atomic E-state index is 13.0. The van der Waals surface area contributed by atoms with Gasteiger partial charge in [-0.15, -0.1) is 0 Å². The number of hydrogen-bond acceptors (Lipinski definition) is 10. The summed E-state index contributed by atoms with van der Waals surface area (Å²) in [5.74, 6) is -1.39. The molecule has 184 valence electrons. The quantitative estimate of drug-likeness (QED) is 0.286. The van der Waals surface area contributed by atoms with E-state index < -0.39 is 24.2 Å². The predicted octanol–water partition coefficient (Wildman–Crippen LogP) is 1.86. The molecule has 14 nitrogen and oxygen atoms in total. The van der Waals surface area contributed by atoms with Crippen molar-refractivity contribution in [2.45, 2.75) is 12.9 Å². The van der Waals surface area contributed by atoms with Gasteiger partial charge in [0.1, 0.15) is 23.7 Å². The number of ether oxygens (including phenoxy) is 3. The van der Waals surface area contributed by atoms with Gasteiger partial charge in [0.25, 0.3) is 0 Å². The Morgan fingerprint density at radius 2 is 2.03 bits per heavy atom. The zero-order valence-electron chi connectivity index (χ0n) is 17.8. The lowest BCUT2D eigenvalue weighted by Gasteiger charge is -2.07. The first-order valence-electron chi connectivity index (χ1n) is 9.73. The highest BCUT2D eigenvalue weighted by Crippen LogP contribution is 2.32. The van der Waals surface area contributed by atoms with Gasteiger partial charge in [-0.25, -0.2) is 29.5 Å². The number of carbonyl (C=O) groups excluding carboxylic acids is 2. The van der Waals surface area contributed by atoms with Crippen molar-refractivity contribution in [3.8, 4) is 22.9 Å². The Morgan fingerprint density at radius 1 is 1.20 bits per heavy atom. The average molecular weight is 495 g/mol. The Kier molecular flexibility index (Phi) is 6.47. The second-order valence-corrected chi connectivity index (χ2v) is 6.67. The molecule has 0 aromatic carbocycles. The minimum atomic E-state index is -4.72. The highest BCUT2D eigenvalue weighted by Gasteiger charge is 2.36. The lowest BCUT2D eigenvalue weighted by molar-refractivity contribution is -0.144. The number of carbonyl (C=O) groups is 2. The monoisotopic (exact) mass is 495 g/mol. The number of hydrogen-bond donors (Lipinski definition) is 2. The first-order chi connectivity index (χ1) is 16.8. The summed E-state index contributed by atoms with van der Waals surface area (Å²) in [5, 5.41) is 7.82. The molecule has 0 atom stereocenters. The Labute approximate surface area is 193 Å². The predicted molar refractivity (Wildman–Crippen MR) is 107 cm³/mol. The van der Waals surface area contributed by atoms with E-state index in [9.17, 15) is 22.8 Å². The van der Waals surface area contributed by atoms with Crippen LogP contribution in [0.15, 0.2) is 31.0 Å². The number of imidazole rings is 2. The summed E-state index contributed by atoms with van der Waals surface area (Å²) in [7, 11) is 1.20. The van der Waals surface area contributed by atoms with Gasteiger partial charge in [-0.1, -0.05) is 0 Å². The number of nitrogens with zero attached hydrogens (tertiary/aromatic N) is 7. The molecule has 0 radical (unpaired) electrons. The first-order valence-corrected chi connectivity index (χ1v) is 9.73. The van der Waals surface area contributed by atoms with E-state index in [-0.39, 0.29) is 48.6 Å². The first kappa shape index (κ1) is 23.5. The molecule has 4 heterocycles. The molecule has 0 aliphatic heterocycles. The van der Waals surface area contributed by atoms with E-state index in [2.05, 4.69) is 35.1 Å². The van der Waals surface area contributed by atoms with Crippen LogP contribution in [0.2, 0.25) is 0 Å². The van der Waals surface area contributed by atoms with E-state index in [0.29, 0.717) is 0 Å². The van der Waals surface area contributed by atoms with E-state index >= 15 is 0 Å². The zero-order chi connectivity index (χ0) is 25.0. The molecular formula is C18H16F3N9O5. The van der Waals surface area contributed by atoms with Gasteiger partial charge in [-0.05, 0) is 6.07 Å². The van der Waals surface area contributed by atoms with Gasteiger partial charge in [0.15, 0.2) is 6.73 Å². The fourth-order valence-corrected chi connectivity index (χ4v) is 2.86. The van der Waals surface area contributed by atoms with E-state index in [1.54, 1.807) is 12.3 Å². The summed E-state index contributed by atoms with van der Waals surface area (Å²) in [6, 6.07) is 1.60. The number of fused-ring (bicyclic) bond motifs is 1. The zero-order valence-corrected chi connectivity index (χ0v) is 17.8. The standard InChI is InChI=1S/C18H16F3N9O5/c1-33-16(31)23-4-6-34-17(32)35-9-29-7-10(24-8-29)12-11(25-15-22-3-2-5-30(12)15)13-26-14(28-27-13)18(19,20)21/h2-3,5,7-8H,4,6,9H2,1H3,(H,23,31)(H,26,27,28). The average Bonchev–Trinajstić information content (AvgIpc) is 3.57. The Morgan fingerprint density at radius 3 is 2.77 bits per heavy atom. The van der Waals surface area contributed by atoms with Crippen LogP contribution >= 0.6 is 0 Å². The second-order valence-electron chi connectivity index (χ2n) is 6.67. The van der Waals surface area contributed by atoms with Crippen LogP contribution in [0.3, 0.4) is 0 Å². The van der Waals surface area contributed by atoms with E-state index in [4.69, 9.17) is 9.47 Å². The van der Waals surface area contributed by atoms with Crippen LogP contribution in [0.5, 0.6) is 0 Å². The molecule has 0 fully saturated rings. The number of halogens is 3. The van der Waals surface area contributed by atoms with Gasteiger partial charge in [0.2, 0.25) is 17.4 Å². The van der Waals surface area contributed by atoms with E-state index in [1.165, 1.54) is 34.8 Å². The molecule has 0 aliphatic rings. The summed E-state index contributed by atoms with van der Waals surface area (Å²) >= 11 is 0. The van der Waals surface area contributed by atoms with Crippen LogP contribution < -0.4 is 5.32 Å². The molecule has 0 spiro atoms. The molecule has 4 rings (SSSR count). The van der Waals surface area contributed by atoms with Crippen molar-refractivity contribution in [1.82, 2.24) is 44.4 Å². The normalized spacial score (nSPS) is 11.4. The third kappa shape index (κ3) is 5.28. The second kappa shape index (κ2) is 9.65. The van der Waals surface area contributed by atoms with Crippen molar-refractivity contribution in [2.75, 3.05) is 20.3 Å². The number of aromatic amines is 1. The fraction of sp³-hybridized carbons (Fsp3) is 0.278. The Balaban J connectivity index is 1.50. The number of H-pyrrole nitrogens is 1. The van der Waals surface area contributed by atoms with Crippen LogP contribution in [0, 0.1) is 0 Å². The third-order valence-corrected chi connectivity index (χ3v) is 4.35. The number of aromatic nitrogens is 8. The Hall–Kier alpha value is -4.70. The summed E-state index contributed by atoms with van der Waals surface area (Å²) < 4.78 is 56.0. The molecule has 2 N–H and O–H groups in total. The summed E-state index contributed by atoms with van der Waals surface area (Å²) in [5.41, 5.74) is 0.563. The maximum Gasteiger partial charge on any atom is 0.510 e. The van der Waals surface area contributed by atoms with Crippen molar-refractivity contribution in [1.29, 1.82) is 0 Å². The minimum Gasteiger partial charge on any atom is -0.453 e. The van der Waals surface area contributed by atoms with Crippen molar-refractivity contribution in [3.63, 3.8) is 0 Å². The minimum absolute atomic E-state index is 0.0131. The van der Waals surface area contributed by atoms with Crippen LogP contribution in [0.25, 0.3) is 28.7 Å². The van der Waals surface area contributed by atoms with E-state index in [0.717, 1.165) is 0 Å². The molecule has 0 saturated heterocycles. The lowest BCUT2D eigenvalue weighted by Crippen LogP contribution is -2.27. The van der Waals surface area contributed by atoms with Crippen LogP contribution in [0.4, 0.5) is 22.8 Å². The molecule has 0 bridgehead atoms. The molecule has 0 aliphatic carbocycles. The Bertz CT molecular complexity index is 1350. The van der Waals surface area contributed by atoms with Gasteiger partial charge < -0.3 is 24.1 Å². The molecule has 1 amide bonds. The molecule has 0 saturated carbocycles. The molecule has 35 heavy (non-hydrogen) atoms. The molecule has 0 unspecified atom stereocenters. The topological polar surface area (TPSA) is 163 Å². The largest absolute Gasteiger partial charge is 0.510 e. The van der Waals surface area contributed by atoms with Gasteiger partial charge in [0.05, 0.1) is 20.0 Å². The summed E-state index contributed by atoms with van der Waals surface area (Å²) in [6.07, 6.45) is -0.509. The van der Waals surface area contributed by atoms with Crippen molar-refractivity contribution >= 4 is 18.0 Å². The van der Waals surface area contributed by atoms with Crippen LogP contribution in [0.1, 0.15) is 5.82 Å². The van der Waals surface area contributed by atoms with Gasteiger partial charge in [-0.3, -0.25) is 9.50 Å². The molecule has 4 aromatic heterocycles. The van der Waals surface area contributed by atoms with E-state index in [1.807, 2.05) is 5.10 Å². The third-order valence-electron chi connectivity index (χ3n) is 4.35. The van der Waals surface area contributed by atoms with Crippen LogP contribution in [-0.4, -0.2) is 71.6 Å². The smallest absolute Gasteiger partial charge is 0.453 e. The number of methoxy groups -OCH3 is 1. The van der Waals surface area contributed by atoms with Crippen molar-refractivity contribution in [3.05, 3.63) is 36.8 Å². The lowest BCUT2D eigenvalue weighted by atomic mass is 10.2. The molecular weight excluding hydrogens is 479 g/mol. The van der Waals surface area contributed by atoms with Crippen molar-refractivity contribution < 1.29 is 37.0 Å². The highest BCUT2D eigenvalue weighted by molar-refractivity contribution is 5.76. The van der Waals surface area contributed by atoms with Gasteiger partial charge in [0, 0.05) is 18.6 Å². The SMILES string of the molecule is COC(=O)NCCOC(=O)OCn1cnc(-c2c(-c3n[nH]c(C(F)(F)F)n3)nc3ncccn23)c1. The van der Waals surface area contributed by atoms with Crippen molar-refractivity contribution in [2.24, 2.45) is 0 Å². The number of amides is 1. The number of nitrogens with one attached hydrogen (secondary N) is 2. The molecule has 4 aromatic rings. The van der Waals surface area contributed by atoms with Gasteiger partial charge >= 0.3 is 18.4 Å². The summed E-state index contributed by atoms with van der Waals surface area (Å²) in [4.78, 5) is 38.7. The molecule has 17 heteroatoms. The maximum absolute atomic E-state index is 13.0. The number of alkyl carbamates (subject to hydrolysis) is 1. The number of rotatable bonds is 7. The number of alkyl halides is 3. The highest BCUT2D eigenvalue weighted by atomic mass is 19.4. The van der Waals surface area contributed by atoms with Gasteiger partial charge in [-0.2, -0.15) is 18.3 Å². The van der Waals surface area contributed by atoms with Crippen LogP contribution in [-0.2, 0) is 27.1 Å². The fourth-order valence-electron chi connectivity index (χ4n) is 2.86.